The predicted molar refractivity (Wildman–Crippen MR) is 124 cm³/mol. The molecule has 0 aliphatic carbocycles. The Bertz CT molecular complexity index is 1180. The number of amides is 1. The molecule has 4 rings (SSSR count). The van der Waals surface area contributed by atoms with Crippen molar-refractivity contribution in [2.24, 2.45) is 0 Å². The number of aliphatic hydroxyl groups is 1. The number of carbonyl (C=O) groups is 2. The largest absolute Gasteiger partial charge is 0.503 e. The molecule has 1 aliphatic rings. The number of furan rings is 1. The van der Waals surface area contributed by atoms with Gasteiger partial charge in [-0.25, -0.2) is 0 Å². The summed E-state index contributed by atoms with van der Waals surface area (Å²) in [5.41, 5.74) is 2.53. The standard InChI is InChI=1S/C26H26N2O5/c1-4-32-20-8-5-7-17(15-20)16-28-23(18-10-12-19(13-11-18)27(2)3)22(25(30)26(28)31)24(29)21-9-6-14-33-21/h5-15,23,30H,4,16H2,1-3H3. The number of ketones is 1. The molecule has 3 aromatic rings. The summed E-state index contributed by atoms with van der Waals surface area (Å²) in [5.74, 6) is -0.914. The van der Waals surface area contributed by atoms with Gasteiger partial charge in [-0.2, -0.15) is 0 Å². The Morgan fingerprint density at radius 3 is 2.52 bits per heavy atom. The summed E-state index contributed by atoms with van der Waals surface area (Å²) in [4.78, 5) is 29.9. The molecule has 2 aromatic carbocycles. The second-order valence-corrected chi connectivity index (χ2v) is 7.97. The van der Waals surface area contributed by atoms with E-state index in [-0.39, 0.29) is 17.9 Å². The third-order valence-corrected chi connectivity index (χ3v) is 5.58. The number of hydrogen-bond acceptors (Lipinski definition) is 6. The van der Waals surface area contributed by atoms with Gasteiger partial charge in [0.05, 0.1) is 24.5 Å². The number of hydrogen-bond donors (Lipinski definition) is 1. The number of nitrogens with zero attached hydrogens (tertiary/aromatic N) is 2. The number of rotatable bonds is 8. The van der Waals surface area contributed by atoms with Crippen molar-refractivity contribution in [2.45, 2.75) is 19.5 Å². The average molecular weight is 447 g/mol. The number of anilines is 1. The molecule has 1 aliphatic heterocycles. The molecule has 0 radical (unpaired) electrons. The van der Waals surface area contributed by atoms with Crippen molar-refractivity contribution in [1.29, 1.82) is 0 Å². The van der Waals surface area contributed by atoms with Crippen LogP contribution in [0.3, 0.4) is 0 Å². The minimum atomic E-state index is -0.762. The summed E-state index contributed by atoms with van der Waals surface area (Å²) in [7, 11) is 3.87. The van der Waals surface area contributed by atoms with E-state index in [1.54, 1.807) is 6.07 Å². The van der Waals surface area contributed by atoms with E-state index in [1.807, 2.05) is 74.4 Å². The zero-order valence-corrected chi connectivity index (χ0v) is 18.8. The number of carbonyl (C=O) groups excluding carboxylic acids is 2. The van der Waals surface area contributed by atoms with Gasteiger partial charge in [-0.15, -0.1) is 0 Å². The van der Waals surface area contributed by atoms with E-state index < -0.39 is 23.5 Å². The fourth-order valence-corrected chi connectivity index (χ4v) is 3.99. The third kappa shape index (κ3) is 4.35. The Balaban J connectivity index is 1.75. The van der Waals surface area contributed by atoms with Crippen LogP contribution in [-0.2, 0) is 11.3 Å². The fraction of sp³-hybridized carbons (Fsp3) is 0.231. The van der Waals surface area contributed by atoms with Gasteiger partial charge in [0.1, 0.15) is 5.75 Å². The highest BCUT2D eigenvalue weighted by Crippen LogP contribution is 2.40. The summed E-state index contributed by atoms with van der Waals surface area (Å²) < 4.78 is 10.9. The molecule has 0 saturated heterocycles. The zero-order chi connectivity index (χ0) is 23.5. The van der Waals surface area contributed by atoms with Crippen molar-refractivity contribution < 1.29 is 23.8 Å². The van der Waals surface area contributed by atoms with Gasteiger partial charge >= 0.3 is 0 Å². The van der Waals surface area contributed by atoms with Crippen molar-refractivity contribution in [1.82, 2.24) is 4.90 Å². The number of benzene rings is 2. The lowest BCUT2D eigenvalue weighted by molar-refractivity contribution is -0.130. The van der Waals surface area contributed by atoms with Crippen LogP contribution in [0.4, 0.5) is 5.69 Å². The van der Waals surface area contributed by atoms with Gasteiger partial charge in [0.25, 0.3) is 5.91 Å². The molecule has 170 valence electrons. The highest BCUT2D eigenvalue weighted by atomic mass is 16.5. The molecule has 0 bridgehead atoms. The molecule has 0 fully saturated rings. The first-order valence-corrected chi connectivity index (χ1v) is 10.7. The molecular formula is C26H26N2O5. The second kappa shape index (κ2) is 9.24. The van der Waals surface area contributed by atoms with E-state index in [2.05, 4.69) is 0 Å². The maximum absolute atomic E-state index is 13.2. The zero-order valence-electron chi connectivity index (χ0n) is 18.8. The smallest absolute Gasteiger partial charge is 0.290 e. The maximum atomic E-state index is 13.2. The monoisotopic (exact) mass is 446 g/mol. The van der Waals surface area contributed by atoms with E-state index in [1.165, 1.54) is 17.2 Å². The van der Waals surface area contributed by atoms with Crippen LogP contribution in [0.15, 0.2) is 82.7 Å². The summed E-state index contributed by atoms with van der Waals surface area (Å²) in [5, 5.41) is 10.8. The summed E-state index contributed by atoms with van der Waals surface area (Å²) >= 11 is 0. The summed E-state index contributed by atoms with van der Waals surface area (Å²) in [6.45, 7) is 2.62. The summed E-state index contributed by atoms with van der Waals surface area (Å²) in [6, 6.07) is 17.3. The lowest BCUT2D eigenvalue weighted by Crippen LogP contribution is -2.30. The maximum Gasteiger partial charge on any atom is 0.290 e. The molecule has 1 N–H and O–H groups in total. The van der Waals surface area contributed by atoms with Crippen LogP contribution < -0.4 is 9.64 Å². The molecule has 1 atom stereocenters. The normalized spacial score (nSPS) is 15.8. The van der Waals surface area contributed by atoms with Gasteiger partial charge in [-0.1, -0.05) is 24.3 Å². The topological polar surface area (TPSA) is 83.2 Å². The second-order valence-electron chi connectivity index (χ2n) is 7.97. The SMILES string of the molecule is CCOc1cccc(CN2C(=O)C(O)=C(C(=O)c3ccco3)C2c2ccc(N(C)C)cc2)c1. The molecule has 33 heavy (non-hydrogen) atoms. The first-order valence-electron chi connectivity index (χ1n) is 10.7. The van der Waals surface area contributed by atoms with E-state index in [9.17, 15) is 14.7 Å². The van der Waals surface area contributed by atoms with Crippen LogP contribution >= 0.6 is 0 Å². The molecule has 7 heteroatoms. The van der Waals surface area contributed by atoms with Gasteiger partial charge in [0.15, 0.2) is 11.5 Å². The van der Waals surface area contributed by atoms with Gasteiger partial charge in [-0.3, -0.25) is 9.59 Å². The lowest BCUT2D eigenvalue weighted by atomic mass is 9.94. The van der Waals surface area contributed by atoms with Crippen molar-refractivity contribution in [2.75, 3.05) is 25.6 Å². The van der Waals surface area contributed by atoms with Crippen LogP contribution in [0.1, 0.15) is 34.6 Å². The third-order valence-electron chi connectivity index (χ3n) is 5.58. The van der Waals surface area contributed by atoms with E-state index >= 15 is 0 Å². The van der Waals surface area contributed by atoms with Crippen LogP contribution in [-0.4, -0.2) is 42.4 Å². The molecule has 1 aromatic heterocycles. The quantitative estimate of drug-likeness (QED) is 0.512. The van der Waals surface area contributed by atoms with Gasteiger partial charge in [0.2, 0.25) is 5.78 Å². The van der Waals surface area contributed by atoms with Crippen LogP contribution in [0.5, 0.6) is 5.75 Å². The fourth-order valence-electron chi connectivity index (χ4n) is 3.99. The van der Waals surface area contributed by atoms with Crippen LogP contribution in [0.2, 0.25) is 0 Å². The lowest BCUT2D eigenvalue weighted by Gasteiger charge is -2.27. The van der Waals surface area contributed by atoms with E-state index in [4.69, 9.17) is 9.15 Å². The van der Waals surface area contributed by atoms with Crippen molar-refractivity contribution >= 4 is 17.4 Å². The average Bonchev–Trinajstić information content (AvgIpc) is 3.43. The van der Waals surface area contributed by atoms with Gasteiger partial charge in [0, 0.05) is 26.3 Å². The number of ether oxygens (including phenoxy) is 1. The first kappa shape index (κ1) is 22.2. The highest BCUT2D eigenvalue weighted by molar-refractivity contribution is 6.15. The van der Waals surface area contributed by atoms with Crippen molar-refractivity contribution in [3.63, 3.8) is 0 Å². The molecule has 0 spiro atoms. The first-order chi connectivity index (χ1) is 15.9. The van der Waals surface area contributed by atoms with Crippen molar-refractivity contribution in [3.05, 3.63) is 95.1 Å². The number of aliphatic hydroxyl groups excluding tert-OH is 1. The van der Waals surface area contributed by atoms with Crippen LogP contribution in [0, 0.1) is 0 Å². The minimum absolute atomic E-state index is 0.00789. The van der Waals surface area contributed by atoms with Crippen LogP contribution in [0.25, 0.3) is 0 Å². The van der Waals surface area contributed by atoms with Gasteiger partial charge < -0.3 is 24.1 Å². The molecule has 1 unspecified atom stereocenters. The van der Waals surface area contributed by atoms with Crippen molar-refractivity contribution in [3.8, 4) is 5.75 Å². The Labute approximate surface area is 192 Å². The Morgan fingerprint density at radius 2 is 1.88 bits per heavy atom. The minimum Gasteiger partial charge on any atom is -0.503 e. The highest BCUT2D eigenvalue weighted by Gasteiger charge is 2.44. The summed E-state index contributed by atoms with van der Waals surface area (Å²) in [6.07, 6.45) is 1.39. The Morgan fingerprint density at radius 1 is 1.12 bits per heavy atom. The van der Waals surface area contributed by atoms with Gasteiger partial charge in [-0.05, 0) is 54.4 Å². The molecule has 7 nitrogen and oxygen atoms in total. The van der Waals surface area contributed by atoms with E-state index in [0.717, 1.165) is 11.3 Å². The number of Topliss-reactive ketones (excluding diaryl/α,β-unsaturated/α-hetero) is 1. The Kier molecular flexibility index (Phi) is 6.22. The van der Waals surface area contributed by atoms with E-state index in [0.29, 0.717) is 17.9 Å². The Hall–Kier alpha value is -4.00. The molecule has 0 saturated carbocycles. The molecular weight excluding hydrogens is 420 g/mol. The molecule has 1 amide bonds. The predicted octanol–water partition coefficient (Wildman–Crippen LogP) is 4.52. The molecule has 2 heterocycles.